The molecule has 1 N–H and O–H groups in total. The van der Waals surface area contributed by atoms with Crippen LogP contribution in [0.25, 0.3) is 0 Å². The fourth-order valence-corrected chi connectivity index (χ4v) is 2.27. The minimum absolute atomic E-state index is 0.157. The van der Waals surface area contributed by atoms with Crippen LogP contribution in [-0.2, 0) is 4.79 Å². The van der Waals surface area contributed by atoms with Crippen LogP contribution in [0.1, 0.15) is 12.5 Å². The molecule has 0 spiro atoms. The molecule has 0 fully saturated rings. The normalized spacial score (nSPS) is 11.8. The molecule has 0 bridgehead atoms. The second kappa shape index (κ2) is 6.74. The Labute approximate surface area is 132 Å². The summed E-state index contributed by atoms with van der Waals surface area (Å²) in [6, 6.07) is 15.3. The van der Waals surface area contributed by atoms with Crippen molar-refractivity contribution >= 4 is 34.2 Å². The minimum Gasteiger partial charge on any atom is -0.481 e. The Morgan fingerprint density at radius 1 is 1.20 bits per heavy atom. The quantitative estimate of drug-likeness (QED) is 0.813. The van der Waals surface area contributed by atoms with Gasteiger partial charge in [0.15, 0.2) is 6.10 Å². The van der Waals surface area contributed by atoms with E-state index < -0.39 is 6.10 Å². The van der Waals surface area contributed by atoms with Crippen molar-refractivity contribution in [3.63, 3.8) is 0 Å². The second-order valence-corrected chi connectivity index (χ2v) is 5.71. The number of amides is 1. The van der Waals surface area contributed by atoms with Gasteiger partial charge in [-0.15, -0.1) is 0 Å². The number of rotatable bonds is 4. The van der Waals surface area contributed by atoms with Gasteiger partial charge in [-0.3, -0.25) is 4.79 Å². The Hall–Kier alpha value is -1.56. The summed E-state index contributed by atoms with van der Waals surface area (Å²) in [4.78, 5) is 12.1. The molecule has 0 unspecified atom stereocenters. The number of para-hydroxylation sites is 1. The van der Waals surface area contributed by atoms with Crippen LogP contribution in [0.3, 0.4) is 0 Å². The number of anilines is 1. The SMILES string of the molecule is Cc1cccc(O[C@@H](C)C(=O)Nc2ccccc2I)c1. The molecular weight excluding hydrogens is 365 g/mol. The fraction of sp³-hybridized carbons (Fsp3) is 0.188. The van der Waals surface area contributed by atoms with E-state index in [-0.39, 0.29) is 5.91 Å². The summed E-state index contributed by atoms with van der Waals surface area (Å²) in [5, 5.41) is 2.87. The van der Waals surface area contributed by atoms with Gasteiger partial charge in [0.2, 0.25) is 0 Å². The topological polar surface area (TPSA) is 38.3 Å². The lowest BCUT2D eigenvalue weighted by Gasteiger charge is -2.15. The van der Waals surface area contributed by atoms with E-state index in [1.807, 2.05) is 55.5 Å². The first-order valence-electron chi connectivity index (χ1n) is 6.35. The average molecular weight is 381 g/mol. The summed E-state index contributed by atoms with van der Waals surface area (Å²) in [5.41, 5.74) is 1.91. The summed E-state index contributed by atoms with van der Waals surface area (Å²) in [5.74, 6) is 0.547. The van der Waals surface area contributed by atoms with Crippen LogP contribution in [0.5, 0.6) is 5.75 Å². The zero-order valence-electron chi connectivity index (χ0n) is 11.4. The molecular formula is C16H16INO2. The number of halogens is 1. The summed E-state index contributed by atoms with van der Waals surface area (Å²) >= 11 is 2.19. The third-order valence-electron chi connectivity index (χ3n) is 2.80. The third-order valence-corrected chi connectivity index (χ3v) is 3.74. The van der Waals surface area contributed by atoms with Crippen LogP contribution in [0.15, 0.2) is 48.5 Å². The lowest BCUT2D eigenvalue weighted by Crippen LogP contribution is -2.30. The molecule has 20 heavy (non-hydrogen) atoms. The van der Waals surface area contributed by atoms with Crippen molar-refractivity contribution in [2.75, 3.05) is 5.32 Å². The third kappa shape index (κ3) is 3.96. The number of hydrogen-bond donors (Lipinski definition) is 1. The first-order chi connectivity index (χ1) is 9.56. The van der Waals surface area contributed by atoms with Gasteiger partial charge in [-0.25, -0.2) is 0 Å². The van der Waals surface area contributed by atoms with E-state index in [0.717, 1.165) is 14.8 Å². The van der Waals surface area contributed by atoms with Crippen molar-refractivity contribution in [2.24, 2.45) is 0 Å². The maximum absolute atomic E-state index is 12.1. The van der Waals surface area contributed by atoms with Gasteiger partial charge in [0.1, 0.15) is 5.75 Å². The van der Waals surface area contributed by atoms with E-state index in [9.17, 15) is 4.79 Å². The zero-order valence-corrected chi connectivity index (χ0v) is 13.5. The van der Waals surface area contributed by atoms with Gasteiger partial charge in [0.25, 0.3) is 5.91 Å². The molecule has 2 aromatic rings. The summed E-state index contributed by atoms with van der Waals surface area (Å²) in [6.07, 6.45) is -0.548. The molecule has 0 aliphatic carbocycles. The lowest BCUT2D eigenvalue weighted by atomic mass is 10.2. The number of ether oxygens (including phenoxy) is 1. The largest absolute Gasteiger partial charge is 0.481 e. The van der Waals surface area contributed by atoms with Crippen LogP contribution >= 0.6 is 22.6 Å². The molecule has 4 heteroatoms. The van der Waals surface area contributed by atoms with Gasteiger partial charge in [0.05, 0.1) is 5.69 Å². The molecule has 0 aromatic heterocycles. The van der Waals surface area contributed by atoms with Crippen molar-refractivity contribution in [2.45, 2.75) is 20.0 Å². The molecule has 2 aromatic carbocycles. The monoisotopic (exact) mass is 381 g/mol. The molecule has 0 radical (unpaired) electrons. The smallest absolute Gasteiger partial charge is 0.265 e. The lowest BCUT2D eigenvalue weighted by molar-refractivity contribution is -0.122. The molecule has 1 atom stereocenters. The molecule has 1 amide bonds. The van der Waals surface area contributed by atoms with Crippen molar-refractivity contribution in [1.82, 2.24) is 0 Å². The van der Waals surface area contributed by atoms with Crippen molar-refractivity contribution < 1.29 is 9.53 Å². The predicted octanol–water partition coefficient (Wildman–Crippen LogP) is 4.01. The van der Waals surface area contributed by atoms with Crippen LogP contribution < -0.4 is 10.1 Å². The van der Waals surface area contributed by atoms with E-state index in [1.165, 1.54) is 0 Å². The molecule has 104 valence electrons. The summed E-state index contributed by atoms with van der Waals surface area (Å²) < 4.78 is 6.66. The van der Waals surface area contributed by atoms with E-state index >= 15 is 0 Å². The van der Waals surface area contributed by atoms with Gasteiger partial charge >= 0.3 is 0 Å². The van der Waals surface area contributed by atoms with Crippen LogP contribution in [0.4, 0.5) is 5.69 Å². The van der Waals surface area contributed by atoms with E-state index in [2.05, 4.69) is 27.9 Å². The minimum atomic E-state index is -0.548. The molecule has 3 nitrogen and oxygen atoms in total. The Morgan fingerprint density at radius 2 is 1.95 bits per heavy atom. The number of hydrogen-bond acceptors (Lipinski definition) is 2. The van der Waals surface area contributed by atoms with Gasteiger partial charge in [0, 0.05) is 3.57 Å². The molecule has 2 rings (SSSR count). The van der Waals surface area contributed by atoms with Crippen molar-refractivity contribution in [1.29, 1.82) is 0 Å². The Balaban J connectivity index is 2.01. The highest BCUT2D eigenvalue weighted by molar-refractivity contribution is 14.1. The molecule has 0 heterocycles. The standard InChI is InChI=1S/C16H16INO2/c1-11-6-5-7-13(10-11)20-12(2)16(19)18-15-9-4-3-8-14(15)17/h3-10,12H,1-2H3,(H,18,19)/t12-/m0/s1. The van der Waals surface area contributed by atoms with E-state index in [1.54, 1.807) is 6.92 Å². The predicted molar refractivity (Wildman–Crippen MR) is 89.1 cm³/mol. The Morgan fingerprint density at radius 3 is 2.65 bits per heavy atom. The Kier molecular flexibility index (Phi) is 5.00. The highest BCUT2D eigenvalue weighted by Gasteiger charge is 2.15. The first-order valence-corrected chi connectivity index (χ1v) is 7.43. The van der Waals surface area contributed by atoms with Gasteiger partial charge in [-0.1, -0.05) is 24.3 Å². The number of benzene rings is 2. The Bertz CT molecular complexity index is 613. The summed E-state index contributed by atoms with van der Waals surface area (Å²) in [7, 11) is 0. The van der Waals surface area contributed by atoms with Crippen molar-refractivity contribution in [3.05, 3.63) is 57.7 Å². The molecule has 0 saturated carbocycles. The fourth-order valence-electron chi connectivity index (χ4n) is 1.74. The number of aryl methyl sites for hydroxylation is 1. The van der Waals surface area contributed by atoms with Gasteiger partial charge in [-0.2, -0.15) is 0 Å². The van der Waals surface area contributed by atoms with Crippen LogP contribution in [-0.4, -0.2) is 12.0 Å². The zero-order chi connectivity index (χ0) is 14.5. The molecule has 0 aliphatic heterocycles. The number of nitrogens with one attached hydrogen (secondary N) is 1. The van der Waals surface area contributed by atoms with Crippen LogP contribution in [0.2, 0.25) is 0 Å². The highest BCUT2D eigenvalue weighted by Crippen LogP contribution is 2.18. The summed E-state index contributed by atoms with van der Waals surface area (Å²) in [6.45, 7) is 3.73. The van der Waals surface area contributed by atoms with Gasteiger partial charge < -0.3 is 10.1 Å². The maximum atomic E-state index is 12.1. The first kappa shape index (κ1) is 14.8. The molecule has 0 saturated heterocycles. The van der Waals surface area contributed by atoms with Crippen molar-refractivity contribution in [3.8, 4) is 5.75 Å². The number of carbonyl (C=O) groups excluding carboxylic acids is 1. The average Bonchev–Trinajstić information content (AvgIpc) is 2.41. The highest BCUT2D eigenvalue weighted by atomic mass is 127. The van der Waals surface area contributed by atoms with E-state index in [4.69, 9.17) is 4.74 Å². The maximum Gasteiger partial charge on any atom is 0.265 e. The van der Waals surface area contributed by atoms with Crippen LogP contribution in [0, 0.1) is 10.5 Å². The second-order valence-electron chi connectivity index (χ2n) is 4.55. The van der Waals surface area contributed by atoms with E-state index in [0.29, 0.717) is 5.75 Å². The number of carbonyl (C=O) groups is 1. The van der Waals surface area contributed by atoms with Gasteiger partial charge in [-0.05, 0) is 66.3 Å². The molecule has 0 aliphatic rings.